The van der Waals surface area contributed by atoms with Crippen LogP contribution in [0.2, 0.25) is 0 Å². The van der Waals surface area contributed by atoms with E-state index in [0.29, 0.717) is 17.5 Å². The summed E-state index contributed by atoms with van der Waals surface area (Å²) in [6, 6.07) is 57.5. The van der Waals surface area contributed by atoms with E-state index in [1.807, 2.05) is 80.6 Å². The highest BCUT2D eigenvalue weighted by molar-refractivity contribution is 6.26. The fraction of sp³-hybridized carbons (Fsp3) is 0.0408. The maximum absolute atomic E-state index is 5.14. The van der Waals surface area contributed by atoms with Gasteiger partial charge in [0, 0.05) is 33.6 Å². The first-order valence-electron chi connectivity index (χ1n) is 18.2. The number of aryl methyl sites for hydroxylation is 2. The molecule has 0 atom stereocenters. The second kappa shape index (κ2) is 12.8. The van der Waals surface area contributed by atoms with Gasteiger partial charge in [-0.1, -0.05) is 133 Å². The van der Waals surface area contributed by atoms with Crippen LogP contribution < -0.4 is 0 Å². The van der Waals surface area contributed by atoms with Crippen molar-refractivity contribution in [1.29, 1.82) is 0 Å². The average Bonchev–Trinajstić information content (AvgIpc) is 3.23. The molecule has 54 heavy (non-hydrogen) atoms. The van der Waals surface area contributed by atoms with Crippen molar-refractivity contribution in [3.05, 3.63) is 175 Å². The molecular weight excluding hydrogens is 659 g/mol. The SMILES string of the molecule is Cc1cc(C)nc(-c2ccc(-c3cc(-c4nc(-c5ccccc5)nc(-c5ccccc5)n4)cc(-c4cc5cccc6ccc7cccc4c7c65)c3)cc2)n1. The molecule has 8 aromatic carbocycles. The maximum atomic E-state index is 5.14. The van der Waals surface area contributed by atoms with Gasteiger partial charge in [-0.3, -0.25) is 0 Å². The zero-order valence-electron chi connectivity index (χ0n) is 29.8. The fourth-order valence-corrected chi connectivity index (χ4v) is 7.68. The van der Waals surface area contributed by atoms with E-state index in [9.17, 15) is 0 Å². The molecule has 0 aliphatic carbocycles. The van der Waals surface area contributed by atoms with Gasteiger partial charge in [-0.25, -0.2) is 24.9 Å². The van der Waals surface area contributed by atoms with Gasteiger partial charge >= 0.3 is 0 Å². The van der Waals surface area contributed by atoms with Crippen LogP contribution in [0.3, 0.4) is 0 Å². The zero-order chi connectivity index (χ0) is 36.2. The van der Waals surface area contributed by atoms with Crippen molar-refractivity contribution >= 4 is 32.3 Å². The third-order valence-electron chi connectivity index (χ3n) is 10.2. The van der Waals surface area contributed by atoms with Crippen LogP contribution in [0.4, 0.5) is 0 Å². The molecule has 0 aliphatic rings. The van der Waals surface area contributed by atoms with Crippen molar-refractivity contribution in [3.63, 3.8) is 0 Å². The third kappa shape index (κ3) is 5.63. The predicted molar refractivity (Wildman–Crippen MR) is 221 cm³/mol. The lowest BCUT2D eigenvalue weighted by Gasteiger charge is -2.17. The number of aromatic nitrogens is 5. The Morgan fingerprint density at radius 2 is 0.778 bits per heavy atom. The Hall–Kier alpha value is -7.11. The van der Waals surface area contributed by atoms with Crippen molar-refractivity contribution in [2.45, 2.75) is 13.8 Å². The lowest BCUT2D eigenvalue weighted by Crippen LogP contribution is -2.00. The molecule has 10 aromatic rings. The topological polar surface area (TPSA) is 64.5 Å². The summed E-state index contributed by atoms with van der Waals surface area (Å²) in [5, 5.41) is 7.49. The summed E-state index contributed by atoms with van der Waals surface area (Å²) in [4.78, 5) is 24.7. The van der Waals surface area contributed by atoms with E-state index >= 15 is 0 Å². The largest absolute Gasteiger partial charge is 0.233 e. The molecule has 0 amide bonds. The normalized spacial score (nSPS) is 11.5. The molecule has 0 saturated heterocycles. The van der Waals surface area contributed by atoms with Crippen LogP contribution in [-0.2, 0) is 0 Å². The van der Waals surface area contributed by atoms with Crippen LogP contribution >= 0.6 is 0 Å². The van der Waals surface area contributed by atoms with Gasteiger partial charge in [0.05, 0.1) is 0 Å². The number of hydrogen-bond donors (Lipinski definition) is 0. The van der Waals surface area contributed by atoms with Crippen molar-refractivity contribution in [3.8, 4) is 67.8 Å². The van der Waals surface area contributed by atoms with Gasteiger partial charge in [0.25, 0.3) is 0 Å². The molecule has 5 nitrogen and oxygen atoms in total. The van der Waals surface area contributed by atoms with E-state index in [2.05, 4.69) is 97.1 Å². The molecule has 0 N–H and O–H groups in total. The van der Waals surface area contributed by atoms with E-state index in [1.54, 1.807) is 0 Å². The summed E-state index contributed by atoms with van der Waals surface area (Å²) >= 11 is 0. The van der Waals surface area contributed by atoms with Gasteiger partial charge in [0.2, 0.25) is 0 Å². The Bertz CT molecular complexity index is 2910. The minimum Gasteiger partial charge on any atom is -0.233 e. The molecule has 254 valence electrons. The third-order valence-corrected chi connectivity index (χ3v) is 10.2. The molecule has 0 spiro atoms. The Morgan fingerprint density at radius 1 is 0.296 bits per heavy atom. The van der Waals surface area contributed by atoms with E-state index in [-0.39, 0.29) is 0 Å². The summed E-state index contributed by atoms with van der Waals surface area (Å²) in [6.07, 6.45) is 0. The quantitative estimate of drug-likeness (QED) is 0.162. The Labute approximate surface area is 313 Å². The molecular formula is C49H33N5. The second-order valence-corrected chi connectivity index (χ2v) is 13.9. The highest BCUT2D eigenvalue weighted by atomic mass is 15.0. The van der Waals surface area contributed by atoms with E-state index < -0.39 is 0 Å². The van der Waals surface area contributed by atoms with Crippen molar-refractivity contribution in [2.24, 2.45) is 0 Å². The lowest BCUT2D eigenvalue weighted by atomic mass is 9.87. The van der Waals surface area contributed by atoms with E-state index in [0.717, 1.165) is 61.7 Å². The zero-order valence-corrected chi connectivity index (χ0v) is 29.8. The van der Waals surface area contributed by atoms with Crippen molar-refractivity contribution < 1.29 is 0 Å². The van der Waals surface area contributed by atoms with Crippen molar-refractivity contribution in [1.82, 2.24) is 24.9 Å². The van der Waals surface area contributed by atoms with Gasteiger partial charge < -0.3 is 0 Å². The number of rotatable bonds is 6. The molecule has 10 rings (SSSR count). The predicted octanol–water partition coefficient (Wildman–Crippen LogP) is 12.2. The summed E-state index contributed by atoms with van der Waals surface area (Å²) in [7, 11) is 0. The Morgan fingerprint density at radius 3 is 1.43 bits per heavy atom. The summed E-state index contributed by atoms with van der Waals surface area (Å²) in [5.41, 5.74) is 10.0. The van der Waals surface area contributed by atoms with Gasteiger partial charge in [-0.15, -0.1) is 0 Å². The molecule has 2 heterocycles. The Balaban J connectivity index is 1.22. The fourth-order valence-electron chi connectivity index (χ4n) is 7.68. The molecule has 0 fully saturated rings. The lowest BCUT2D eigenvalue weighted by molar-refractivity contribution is 1.06. The Kier molecular flexibility index (Phi) is 7.51. The second-order valence-electron chi connectivity index (χ2n) is 13.9. The monoisotopic (exact) mass is 691 g/mol. The van der Waals surface area contributed by atoms with Crippen LogP contribution in [0.1, 0.15) is 11.4 Å². The molecule has 2 aromatic heterocycles. The van der Waals surface area contributed by atoms with Crippen LogP contribution in [0.25, 0.3) is 100 Å². The number of nitrogens with zero attached hydrogens (tertiary/aromatic N) is 5. The maximum Gasteiger partial charge on any atom is 0.164 e. The molecule has 0 radical (unpaired) electrons. The highest BCUT2D eigenvalue weighted by Gasteiger charge is 2.18. The molecule has 0 unspecified atom stereocenters. The van der Waals surface area contributed by atoms with Crippen LogP contribution in [0, 0.1) is 13.8 Å². The first-order chi connectivity index (χ1) is 26.5. The molecule has 0 saturated carbocycles. The summed E-state index contributed by atoms with van der Waals surface area (Å²) < 4.78 is 0. The van der Waals surface area contributed by atoms with E-state index in [1.165, 1.54) is 32.3 Å². The minimum absolute atomic E-state index is 0.614. The average molecular weight is 692 g/mol. The van der Waals surface area contributed by atoms with Crippen LogP contribution in [-0.4, -0.2) is 24.9 Å². The summed E-state index contributed by atoms with van der Waals surface area (Å²) in [6.45, 7) is 4.01. The first-order valence-corrected chi connectivity index (χ1v) is 18.2. The van der Waals surface area contributed by atoms with Crippen molar-refractivity contribution in [2.75, 3.05) is 0 Å². The van der Waals surface area contributed by atoms with Gasteiger partial charge in [-0.05, 0) is 98.8 Å². The van der Waals surface area contributed by atoms with Crippen LogP contribution in [0.15, 0.2) is 164 Å². The number of hydrogen-bond acceptors (Lipinski definition) is 5. The van der Waals surface area contributed by atoms with Gasteiger partial charge in [-0.2, -0.15) is 0 Å². The summed E-state index contributed by atoms with van der Waals surface area (Å²) in [5.74, 6) is 2.61. The van der Waals surface area contributed by atoms with Gasteiger partial charge in [0.1, 0.15) is 0 Å². The minimum atomic E-state index is 0.614. The highest BCUT2D eigenvalue weighted by Crippen LogP contribution is 2.42. The molecule has 5 heteroatoms. The molecule has 0 aliphatic heterocycles. The van der Waals surface area contributed by atoms with Crippen LogP contribution in [0.5, 0.6) is 0 Å². The van der Waals surface area contributed by atoms with Gasteiger partial charge in [0.15, 0.2) is 23.3 Å². The smallest absolute Gasteiger partial charge is 0.164 e. The standard InChI is InChI=1S/C49H33N5/c1-30-25-31(2)51-46(50-30)37-23-19-32(20-24-37)39-26-40(43-29-38-17-9-15-33-21-22-34-16-10-18-42(43)45(34)44(33)38)28-41(27-39)49-53-47(35-11-5-3-6-12-35)52-48(54-49)36-13-7-4-8-14-36/h3-29H,1-2H3. The number of benzene rings is 8. The first kappa shape index (κ1) is 31.6. The van der Waals surface area contributed by atoms with E-state index in [4.69, 9.17) is 24.9 Å². The molecule has 0 bridgehead atoms.